The van der Waals surface area contributed by atoms with E-state index in [2.05, 4.69) is 10.4 Å². The average molecular weight is 413 g/mol. The van der Waals surface area contributed by atoms with Crippen molar-refractivity contribution in [3.8, 4) is 5.69 Å². The normalized spacial score (nSPS) is 20.7. The summed E-state index contributed by atoms with van der Waals surface area (Å²) in [5.74, 6) is -2.42. The van der Waals surface area contributed by atoms with E-state index in [4.69, 9.17) is 9.47 Å². The number of nitrogens with zero attached hydrogens (tertiary/aromatic N) is 2. The number of carbonyl (C=O) groups is 1. The summed E-state index contributed by atoms with van der Waals surface area (Å²) >= 11 is 0. The molecule has 1 aromatic heterocycles. The number of rotatable bonds is 3. The molecule has 1 N–H and O–H groups in total. The molecule has 4 rings (SSSR count). The Morgan fingerprint density at radius 1 is 1.10 bits per heavy atom. The van der Waals surface area contributed by atoms with Gasteiger partial charge in [0.25, 0.3) is 5.91 Å². The summed E-state index contributed by atoms with van der Waals surface area (Å²) in [5, 5.41) is 6.14. The largest absolute Gasteiger partial charge is 0.411 e. The minimum absolute atomic E-state index is 0.0323. The Morgan fingerprint density at radius 3 is 2.41 bits per heavy atom. The minimum Gasteiger partial charge on any atom is -0.348 e. The van der Waals surface area contributed by atoms with E-state index in [1.807, 2.05) is 0 Å². The predicted molar refractivity (Wildman–Crippen MR) is 92.9 cm³/mol. The predicted octanol–water partition coefficient (Wildman–Crippen LogP) is 3.36. The van der Waals surface area contributed by atoms with Crippen molar-refractivity contribution in [2.75, 3.05) is 13.2 Å². The third kappa shape index (κ3) is 3.74. The molecule has 156 valence electrons. The van der Waals surface area contributed by atoms with Gasteiger partial charge in [0.2, 0.25) is 0 Å². The maximum Gasteiger partial charge on any atom is 0.411 e. The molecule has 2 heterocycles. The number of benzene rings is 1. The lowest BCUT2D eigenvalue weighted by Gasteiger charge is -2.44. The van der Waals surface area contributed by atoms with Crippen LogP contribution in [0.15, 0.2) is 36.5 Å². The van der Waals surface area contributed by atoms with Gasteiger partial charge in [-0.3, -0.25) is 4.79 Å². The number of ether oxygens (including phenoxy) is 2. The fourth-order valence-corrected chi connectivity index (χ4v) is 3.81. The maximum absolute atomic E-state index is 13.9. The van der Waals surface area contributed by atoms with Crippen LogP contribution in [-0.4, -0.2) is 46.4 Å². The molecule has 1 amide bonds. The summed E-state index contributed by atoms with van der Waals surface area (Å²) < 4.78 is 67.3. The molecule has 1 aliphatic heterocycles. The summed E-state index contributed by atoms with van der Waals surface area (Å²) in [6.45, 7) is 0.700. The second-order valence-corrected chi connectivity index (χ2v) is 7.27. The van der Waals surface area contributed by atoms with Gasteiger partial charge in [-0.15, -0.1) is 0 Å². The van der Waals surface area contributed by atoms with Crippen LogP contribution in [0, 0.1) is 5.82 Å². The summed E-state index contributed by atoms with van der Waals surface area (Å²) in [7, 11) is 0. The van der Waals surface area contributed by atoms with E-state index < -0.39 is 29.2 Å². The number of hydrogen-bond acceptors (Lipinski definition) is 4. The Balaban J connectivity index is 1.52. The van der Waals surface area contributed by atoms with Crippen molar-refractivity contribution in [2.45, 2.75) is 43.2 Å². The van der Waals surface area contributed by atoms with Crippen molar-refractivity contribution < 1.29 is 31.8 Å². The van der Waals surface area contributed by atoms with Gasteiger partial charge in [-0.05, 0) is 37.1 Å². The van der Waals surface area contributed by atoms with Crippen LogP contribution in [-0.2, 0) is 9.47 Å². The molecule has 29 heavy (non-hydrogen) atoms. The highest BCUT2D eigenvalue weighted by Gasteiger charge is 2.60. The maximum atomic E-state index is 13.9. The molecule has 0 unspecified atom stereocenters. The van der Waals surface area contributed by atoms with Crippen molar-refractivity contribution in [3.63, 3.8) is 0 Å². The highest BCUT2D eigenvalue weighted by Crippen LogP contribution is 2.47. The Morgan fingerprint density at radius 2 is 1.79 bits per heavy atom. The van der Waals surface area contributed by atoms with E-state index in [1.165, 1.54) is 35.1 Å². The molecule has 10 heteroatoms. The first-order valence-corrected chi connectivity index (χ1v) is 9.21. The number of alkyl halides is 3. The fraction of sp³-hybridized carbons (Fsp3) is 0.474. The summed E-state index contributed by atoms with van der Waals surface area (Å²) in [5.41, 5.74) is -2.22. The quantitative estimate of drug-likeness (QED) is 0.784. The van der Waals surface area contributed by atoms with Crippen molar-refractivity contribution >= 4 is 5.91 Å². The Labute approximate surface area is 163 Å². The molecular weight excluding hydrogens is 394 g/mol. The van der Waals surface area contributed by atoms with Gasteiger partial charge in [0.05, 0.1) is 18.9 Å². The van der Waals surface area contributed by atoms with Gasteiger partial charge in [-0.2, -0.15) is 18.3 Å². The van der Waals surface area contributed by atoms with E-state index in [-0.39, 0.29) is 31.4 Å². The molecule has 6 nitrogen and oxygen atoms in total. The van der Waals surface area contributed by atoms with Gasteiger partial charge in [-0.1, -0.05) is 6.07 Å². The van der Waals surface area contributed by atoms with E-state index in [1.54, 1.807) is 6.07 Å². The van der Waals surface area contributed by atoms with Crippen molar-refractivity contribution in [1.82, 2.24) is 15.1 Å². The smallest absolute Gasteiger partial charge is 0.348 e. The number of amides is 1. The third-order valence-corrected chi connectivity index (χ3v) is 5.47. The molecule has 2 aromatic rings. The van der Waals surface area contributed by atoms with Gasteiger partial charge in [0.15, 0.2) is 11.5 Å². The highest BCUT2D eigenvalue weighted by atomic mass is 19.4. The molecule has 1 saturated carbocycles. The van der Waals surface area contributed by atoms with Crippen molar-refractivity contribution in [2.24, 2.45) is 0 Å². The molecule has 0 atom stereocenters. The lowest BCUT2D eigenvalue weighted by atomic mass is 9.78. The van der Waals surface area contributed by atoms with E-state index in [9.17, 15) is 22.4 Å². The molecule has 2 aliphatic rings. The average Bonchev–Trinajstić information content (AvgIpc) is 3.33. The van der Waals surface area contributed by atoms with Gasteiger partial charge >= 0.3 is 6.18 Å². The zero-order chi connectivity index (χ0) is 20.7. The van der Waals surface area contributed by atoms with Crippen LogP contribution in [0.4, 0.5) is 17.6 Å². The second kappa shape index (κ2) is 7.10. The highest BCUT2D eigenvalue weighted by molar-refractivity contribution is 5.92. The van der Waals surface area contributed by atoms with Gasteiger partial charge in [-0.25, -0.2) is 9.07 Å². The molecule has 1 spiro atoms. The van der Waals surface area contributed by atoms with Gasteiger partial charge < -0.3 is 14.8 Å². The SMILES string of the molecule is O=C(NC1(C(F)(F)F)CCC2(CC1)OCCO2)c1ccn(-c2cccc(F)c2)n1. The number of hydrogen-bond donors (Lipinski definition) is 1. The van der Waals surface area contributed by atoms with Crippen LogP contribution in [0.25, 0.3) is 5.69 Å². The standard InChI is InChI=1S/C19H19F4N3O3/c20-13-2-1-3-14(12-13)26-9-4-15(25-26)16(27)24-17(19(21,22)23)5-7-18(8-6-17)28-10-11-29-18/h1-4,9,12H,5-8,10-11H2,(H,24,27). The molecule has 1 aliphatic carbocycles. The first-order chi connectivity index (χ1) is 13.7. The fourth-order valence-electron chi connectivity index (χ4n) is 3.81. The van der Waals surface area contributed by atoms with Crippen LogP contribution < -0.4 is 5.32 Å². The summed E-state index contributed by atoms with van der Waals surface area (Å²) in [6, 6.07) is 6.78. The van der Waals surface area contributed by atoms with Gasteiger partial charge in [0, 0.05) is 19.0 Å². The molecule has 0 bridgehead atoms. The lowest BCUT2D eigenvalue weighted by Crippen LogP contribution is -2.62. The second-order valence-electron chi connectivity index (χ2n) is 7.27. The number of nitrogens with one attached hydrogen (secondary N) is 1. The zero-order valence-corrected chi connectivity index (χ0v) is 15.3. The van der Waals surface area contributed by atoms with Crippen LogP contribution in [0.5, 0.6) is 0 Å². The van der Waals surface area contributed by atoms with E-state index in [0.717, 1.165) is 0 Å². The number of halogens is 4. The Kier molecular flexibility index (Phi) is 4.86. The molecule has 2 fully saturated rings. The zero-order valence-electron chi connectivity index (χ0n) is 15.3. The van der Waals surface area contributed by atoms with Crippen LogP contribution >= 0.6 is 0 Å². The lowest BCUT2D eigenvalue weighted by molar-refractivity contribution is -0.240. The van der Waals surface area contributed by atoms with Crippen LogP contribution in [0.2, 0.25) is 0 Å². The molecule has 1 saturated heterocycles. The van der Waals surface area contributed by atoms with Crippen molar-refractivity contribution in [3.05, 3.63) is 48.0 Å². The summed E-state index contributed by atoms with van der Waals surface area (Å²) in [4.78, 5) is 12.6. The first-order valence-electron chi connectivity index (χ1n) is 9.21. The summed E-state index contributed by atoms with van der Waals surface area (Å²) in [6.07, 6.45) is -3.90. The number of aromatic nitrogens is 2. The molecule has 1 aromatic carbocycles. The third-order valence-electron chi connectivity index (χ3n) is 5.47. The van der Waals surface area contributed by atoms with Crippen LogP contribution in [0.3, 0.4) is 0 Å². The van der Waals surface area contributed by atoms with Crippen LogP contribution in [0.1, 0.15) is 36.2 Å². The van der Waals surface area contributed by atoms with Crippen molar-refractivity contribution in [1.29, 1.82) is 0 Å². The topological polar surface area (TPSA) is 65.4 Å². The number of carbonyl (C=O) groups excluding carboxylic acids is 1. The molecular formula is C19H19F4N3O3. The van der Waals surface area contributed by atoms with Gasteiger partial charge in [0.1, 0.15) is 11.4 Å². The van der Waals surface area contributed by atoms with E-state index in [0.29, 0.717) is 18.9 Å². The van der Waals surface area contributed by atoms with E-state index >= 15 is 0 Å². The Bertz CT molecular complexity index is 896. The monoisotopic (exact) mass is 413 g/mol. The Hall–Kier alpha value is -2.46. The first kappa shape index (κ1) is 19.8. The molecule has 0 radical (unpaired) electrons. The minimum atomic E-state index is -4.64.